The molecule has 0 saturated heterocycles. The standard InChI is InChI=1S/C23H23FN4O4/c1-32-20-7-5-14(9-16(20)24)18(11-21(29)30)28-23(31)19-10-15(12-26-19)17-6-4-13-3-2-8-25-22(13)27-17/h4-7,9-10,12,18,26H,2-3,8,11H2,1H3,(H,25,27)(H,28,31)(H,29,30). The number of ether oxygens (including phenoxy) is 1. The Morgan fingerprint density at radius 2 is 2.12 bits per heavy atom. The van der Waals surface area contributed by atoms with Crippen molar-refractivity contribution in [1.29, 1.82) is 0 Å². The van der Waals surface area contributed by atoms with Crippen LogP contribution >= 0.6 is 0 Å². The quantitative estimate of drug-likeness (QED) is 0.449. The molecule has 3 heterocycles. The number of halogens is 1. The summed E-state index contributed by atoms with van der Waals surface area (Å²) in [4.78, 5) is 31.7. The maximum absolute atomic E-state index is 14.1. The van der Waals surface area contributed by atoms with Crippen molar-refractivity contribution in [2.24, 2.45) is 0 Å². The Labute approximate surface area is 183 Å². The van der Waals surface area contributed by atoms with Crippen molar-refractivity contribution in [1.82, 2.24) is 15.3 Å². The third-order valence-electron chi connectivity index (χ3n) is 5.38. The maximum Gasteiger partial charge on any atom is 0.305 e. The van der Waals surface area contributed by atoms with Crippen LogP contribution in [0.25, 0.3) is 11.3 Å². The number of nitrogens with one attached hydrogen (secondary N) is 3. The number of benzene rings is 1. The van der Waals surface area contributed by atoms with Gasteiger partial charge in [0.05, 0.1) is 25.3 Å². The fourth-order valence-electron chi connectivity index (χ4n) is 3.72. The number of carbonyl (C=O) groups is 2. The van der Waals surface area contributed by atoms with E-state index in [1.165, 1.54) is 19.2 Å². The second-order valence-corrected chi connectivity index (χ2v) is 7.55. The van der Waals surface area contributed by atoms with Crippen LogP contribution in [0.3, 0.4) is 0 Å². The fourth-order valence-corrected chi connectivity index (χ4v) is 3.72. The van der Waals surface area contributed by atoms with Gasteiger partial charge in [0.1, 0.15) is 11.5 Å². The molecule has 32 heavy (non-hydrogen) atoms. The molecule has 1 aliphatic heterocycles. The monoisotopic (exact) mass is 438 g/mol. The minimum Gasteiger partial charge on any atom is -0.494 e. The van der Waals surface area contributed by atoms with Gasteiger partial charge in [-0.05, 0) is 48.2 Å². The van der Waals surface area contributed by atoms with Crippen LogP contribution in [0.5, 0.6) is 5.75 Å². The molecule has 9 heteroatoms. The molecule has 1 atom stereocenters. The SMILES string of the molecule is COc1ccc(C(CC(=O)O)NC(=O)c2cc(-c3ccc4c(n3)NCCC4)c[nH]2)cc1F. The van der Waals surface area contributed by atoms with Crippen LogP contribution in [-0.2, 0) is 11.2 Å². The second-order valence-electron chi connectivity index (χ2n) is 7.55. The largest absolute Gasteiger partial charge is 0.494 e. The lowest BCUT2D eigenvalue weighted by atomic mass is 10.0. The Hall–Kier alpha value is -3.88. The summed E-state index contributed by atoms with van der Waals surface area (Å²) in [6.07, 6.45) is 3.32. The normalized spacial score (nSPS) is 13.6. The summed E-state index contributed by atoms with van der Waals surface area (Å²) in [5.41, 5.74) is 3.19. The highest BCUT2D eigenvalue weighted by Gasteiger charge is 2.22. The van der Waals surface area contributed by atoms with E-state index in [4.69, 9.17) is 4.74 Å². The highest BCUT2D eigenvalue weighted by Crippen LogP contribution is 2.27. The number of aliphatic carboxylic acids is 1. The number of rotatable bonds is 7. The number of methoxy groups -OCH3 is 1. The first-order chi connectivity index (χ1) is 15.4. The molecule has 4 N–H and O–H groups in total. The highest BCUT2D eigenvalue weighted by molar-refractivity contribution is 5.94. The number of nitrogens with zero attached hydrogens (tertiary/aromatic N) is 1. The first-order valence-corrected chi connectivity index (χ1v) is 10.2. The zero-order chi connectivity index (χ0) is 22.7. The van der Waals surface area contributed by atoms with Crippen molar-refractivity contribution in [2.45, 2.75) is 25.3 Å². The minimum absolute atomic E-state index is 0.0372. The molecule has 1 amide bonds. The van der Waals surface area contributed by atoms with Crippen LogP contribution < -0.4 is 15.4 Å². The van der Waals surface area contributed by atoms with Crippen molar-refractivity contribution in [3.8, 4) is 17.0 Å². The lowest BCUT2D eigenvalue weighted by molar-refractivity contribution is -0.137. The number of H-pyrrole nitrogens is 1. The summed E-state index contributed by atoms with van der Waals surface area (Å²) < 4.78 is 19.0. The second kappa shape index (κ2) is 9.09. The first-order valence-electron chi connectivity index (χ1n) is 10.2. The van der Waals surface area contributed by atoms with Crippen LogP contribution in [0.4, 0.5) is 10.2 Å². The number of anilines is 1. The summed E-state index contributed by atoms with van der Waals surface area (Å²) in [5, 5.41) is 15.2. The number of hydrogen-bond acceptors (Lipinski definition) is 5. The molecule has 0 fully saturated rings. The third-order valence-corrected chi connectivity index (χ3v) is 5.38. The Kier molecular flexibility index (Phi) is 6.07. The van der Waals surface area contributed by atoms with E-state index in [1.807, 2.05) is 12.1 Å². The smallest absolute Gasteiger partial charge is 0.305 e. The van der Waals surface area contributed by atoms with Crippen molar-refractivity contribution in [3.63, 3.8) is 0 Å². The number of amides is 1. The molecule has 1 aromatic carbocycles. The van der Waals surface area contributed by atoms with Crippen LogP contribution in [0.2, 0.25) is 0 Å². The van der Waals surface area contributed by atoms with Gasteiger partial charge >= 0.3 is 5.97 Å². The lowest BCUT2D eigenvalue weighted by Crippen LogP contribution is -2.30. The molecular formula is C23H23FN4O4. The van der Waals surface area contributed by atoms with Crippen LogP contribution in [0, 0.1) is 5.82 Å². The Balaban J connectivity index is 1.53. The number of aromatic nitrogens is 2. The van der Waals surface area contributed by atoms with Gasteiger partial charge in [-0.25, -0.2) is 9.37 Å². The average Bonchev–Trinajstić information content (AvgIpc) is 3.28. The molecule has 1 aliphatic rings. The predicted octanol–water partition coefficient (Wildman–Crippen LogP) is 3.53. The van der Waals surface area contributed by atoms with E-state index in [1.54, 1.807) is 12.3 Å². The highest BCUT2D eigenvalue weighted by atomic mass is 19.1. The number of aryl methyl sites for hydroxylation is 1. The molecule has 1 unspecified atom stereocenters. The molecule has 0 spiro atoms. The van der Waals surface area contributed by atoms with Gasteiger partial charge in [-0.1, -0.05) is 12.1 Å². The van der Waals surface area contributed by atoms with Gasteiger partial charge in [0.25, 0.3) is 5.91 Å². The molecule has 2 aromatic heterocycles. The van der Waals surface area contributed by atoms with E-state index in [0.29, 0.717) is 11.3 Å². The zero-order valence-corrected chi connectivity index (χ0v) is 17.4. The average molecular weight is 438 g/mol. The van der Waals surface area contributed by atoms with Crippen LogP contribution in [0.1, 0.15) is 40.5 Å². The number of carbonyl (C=O) groups excluding carboxylic acids is 1. The zero-order valence-electron chi connectivity index (χ0n) is 17.4. The van der Waals surface area contributed by atoms with Crippen LogP contribution in [-0.4, -0.2) is 40.6 Å². The van der Waals surface area contributed by atoms with Crippen molar-refractivity contribution >= 4 is 17.7 Å². The summed E-state index contributed by atoms with van der Waals surface area (Å²) in [6, 6.07) is 8.75. The van der Waals surface area contributed by atoms with Gasteiger partial charge in [0.2, 0.25) is 0 Å². The molecule has 4 rings (SSSR count). The van der Waals surface area contributed by atoms with E-state index in [0.717, 1.165) is 42.4 Å². The van der Waals surface area contributed by atoms with Gasteiger partial charge in [0.15, 0.2) is 11.6 Å². The topological polar surface area (TPSA) is 116 Å². The molecule has 8 nitrogen and oxygen atoms in total. The number of carboxylic acid groups (broad SMARTS) is 1. The summed E-state index contributed by atoms with van der Waals surface area (Å²) in [6.45, 7) is 0.876. The summed E-state index contributed by atoms with van der Waals surface area (Å²) >= 11 is 0. The van der Waals surface area contributed by atoms with E-state index < -0.39 is 30.2 Å². The molecular weight excluding hydrogens is 415 g/mol. The molecule has 0 radical (unpaired) electrons. The van der Waals surface area contributed by atoms with E-state index in [9.17, 15) is 19.1 Å². The molecule has 0 saturated carbocycles. The molecule has 0 aliphatic carbocycles. The Morgan fingerprint density at radius 1 is 1.28 bits per heavy atom. The first kappa shape index (κ1) is 21.4. The Morgan fingerprint density at radius 3 is 2.88 bits per heavy atom. The van der Waals surface area contributed by atoms with E-state index >= 15 is 0 Å². The minimum atomic E-state index is -1.12. The number of fused-ring (bicyclic) bond motifs is 1. The van der Waals surface area contributed by atoms with Gasteiger partial charge in [-0.2, -0.15) is 0 Å². The summed E-state index contributed by atoms with van der Waals surface area (Å²) in [5.74, 6) is -1.37. The van der Waals surface area contributed by atoms with E-state index in [-0.39, 0.29) is 11.4 Å². The van der Waals surface area contributed by atoms with Crippen molar-refractivity contribution in [3.05, 3.63) is 65.2 Å². The third kappa shape index (κ3) is 4.56. The molecule has 0 bridgehead atoms. The van der Waals surface area contributed by atoms with Gasteiger partial charge in [-0.3, -0.25) is 9.59 Å². The maximum atomic E-state index is 14.1. The van der Waals surface area contributed by atoms with Crippen molar-refractivity contribution in [2.75, 3.05) is 19.0 Å². The number of carboxylic acids is 1. The molecule has 166 valence electrons. The van der Waals surface area contributed by atoms with Crippen molar-refractivity contribution < 1.29 is 23.8 Å². The van der Waals surface area contributed by atoms with Gasteiger partial charge in [-0.15, -0.1) is 0 Å². The Bertz CT molecular complexity index is 1160. The van der Waals surface area contributed by atoms with E-state index in [2.05, 4.69) is 20.6 Å². The fraction of sp³-hybridized carbons (Fsp3) is 0.261. The van der Waals surface area contributed by atoms with Gasteiger partial charge < -0.3 is 25.5 Å². The number of pyridine rings is 1. The predicted molar refractivity (Wildman–Crippen MR) is 116 cm³/mol. The lowest BCUT2D eigenvalue weighted by Gasteiger charge is -2.18. The number of aromatic amines is 1. The number of hydrogen-bond donors (Lipinski definition) is 4. The van der Waals surface area contributed by atoms with Gasteiger partial charge in [0, 0.05) is 18.3 Å². The molecule has 3 aromatic rings. The van der Waals surface area contributed by atoms with Crippen LogP contribution in [0.15, 0.2) is 42.6 Å². The summed E-state index contributed by atoms with van der Waals surface area (Å²) in [7, 11) is 1.34.